The smallest absolute Gasteiger partial charge is 0.300 e. The van der Waals surface area contributed by atoms with Gasteiger partial charge in [-0.05, 0) is 47.1 Å². The second kappa shape index (κ2) is 6.33. The maximum absolute atomic E-state index is 13.1. The van der Waals surface area contributed by atoms with Crippen molar-refractivity contribution in [1.82, 2.24) is 28.5 Å². The van der Waals surface area contributed by atoms with Crippen molar-refractivity contribution in [3.05, 3.63) is 37.8 Å². The lowest BCUT2D eigenvalue weighted by Crippen LogP contribution is -2.41. The minimum atomic E-state index is -0.563. The van der Waals surface area contributed by atoms with E-state index in [-0.39, 0.29) is 29.5 Å². The quantitative estimate of drug-likeness (QED) is 0.685. The SMILES string of the molecule is CC(=O)Cn1c(=O)c2c(nc(-n3nc(C)c(C)c3C)n2C(C)C)n(C)c1=O. The molecule has 0 aromatic carbocycles. The Hall–Kier alpha value is -2.97. The molecule has 27 heavy (non-hydrogen) atoms. The van der Waals surface area contributed by atoms with E-state index in [1.165, 1.54) is 11.5 Å². The zero-order valence-corrected chi connectivity index (χ0v) is 16.7. The molecule has 0 saturated carbocycles. The Bertz CT molecular complexity index is 1190. The van der Waals surface area contributed by atoms with E-state index in [0.717, 1.165) is 21.5 Å². The average molecular weight is 372 g/mol. The summed E-state index contributed by atoms with van der Waals surface area (Å²) in [6, 6.07) is -0.106. The van der Waals surface area contributed by atoms with Crippen molar-refractivity contribution in [3.8, 4) is 5.95 Å². The summed E-state index contributed by atoms with van der Waals surface area (Å²) in [7, 11) is 1.55. The summed E-state index contributed by atoms with van der Waals surface area (Å²) in [5, 5.41) is 4.55. The van der Waals surface area contributed by atoms with Crippen LogP contribution in [0.4, 0.5) is 0 Å². The van der Waals surface area contributed by atoms with Gasteiger partial charge in [0.1, 0.15) is 5.78 Å². The van der Waals surface area contributed by atoms with Gasteiger partial charge in [0.05, 0.1) is 12.2 Å². The lowest BCUT2D eigenvalue weighted by Gasteiger charge is -2.14. The molecule has 0 radical (unpaired) electrons. The Morgan fingerprint density at radius 3 is 2.26 bits per heavy atom. The summed E-state index contributed by atoms with van der Waals surface area (Å²) in [4.78, 5) is 41.8. The average Bonchev–Trinajstić information content (AvgIpc) is 3.10. The number of rotatable bonds is 4. The Kier molecular flexibility index (Phi) is 4.41. The van der Waals surface area contributed by atoms with E-state index in [0.29, 0.717) is 5.95 Å². The predicted octanol–water partition coefficient (Wildman–Crippen LogP) is 1.18. The topological polar surface area (TPSA) is 96.7 Å². The molecule has 0 spiro atoms. The van der Waals surface area contributed by atoms with E-state index >= 15 is 0 Å². The molecule has 3 aromatic heterocycles. The second-order valence-corrected chi connectivity index (χ2v) is 7.19. The molecule has 0 N–H and O–H groups in total. The molecule has 0 amide bonds. The molecule has 3 rings (SSSR count). The zero-order valence-electron chi connectivity index (χ0n) is 16.7. The van der Waals surface area contributed by atoms with E-state index in [1.54, 1.807) is 16.3 Å². The van der Waals surface area contributed by atoms with Crippen molar-refractivity contribution in [2.24, 2.45) is 7.05 Å². The van der Waals surface area contributed by atoms with E-state index in [2.05, 4.69) is 10.1 Å². The van der Waals surface area contributed by atoms with E-state index in [4.69, 9.17) is 0 Å². The molecule has 9 nitrogen and oxygen atoms in total. The first-order valence-corrected chi connectivity index (χ1v) is 8.80. The largest absolute Gasteiger partial charge is 0.332 e. The van der Waals surface area contributed by atoms with Crippen LogP contribution < -0.4 is 11.2 Å². The summed E-state index contributed by atoms with van der Waals surface area (Å²) in [6.07, 6.45) is 0. The van der Waals surface area contributed by atoms with Gasteiger partial charge in [0.2, 0.25) is 5.95 Å². The van der Waals surface area contributed by atoms with Crippen molar-refractivity contribution in [3.63, 3.8) is 0 Å². The fraction of sp³-hybridized carbons (Fsp3) is 0.500. The van der Waals surface area contributed by atoms with Gasteiger partial charge in [-0.1, -0.05) is 0 Å². The number of ketones is 1. The first-order valence-electron chi connectivity index (χ1n) is 8.80. The van der Waals surface area contributed by atoms with Gasteiger partial charge in [-0.15, -0.1) is 0 Å². The van der Waals surface area contributed by atoms with Crippen LogP contribution in [0.25, 0.3) is 17.1 Å². The van der Waals surface area contributed by atoms with E-state index in [1.807, 2.05) is 34.6 Å². The first-order chi connectivity index (χ1) is 12.6. The fourth-order valence-corrected chi connectivity index (χ4v) is 3.24. The maximum atomic E-state index is 13.1. The predicted molar refractivity (Wildman–Crippen MR) is 102 cm³/mol. The highest BCUT2D eigenvalue weighted by molar-refractivity contribution is 5.76. The Labute approximate surface area is 155 Å². The normalized spacial score (nSPS) is 11.7. The number of aryl methyl sites for hydroxylation is 2. The van der Waals surface area contributed by atoms with Crippen LogP contribution in [0.5, 0.6) is 0 Å². The van der Waals surface area contributed by atoms with E-state index in [9.17, 15) is 14.4 Å². The van der Waals surface area contributed by atoms with Gasteiger partial charge in [-0.3, -0.25) is 23.3 Å². The minimum absolute atomic E-state index is 0.106. The van der Waals surface area contributed by atoms with Crippen LogP contribution in [0.2, 0.25) is 0 Å². The number of hydrogen-bond acceptors (Lipinski definition) is 5. The van der Waals surface area contributed by atoms with Crippen LogP contribution in [0.3, 0.4) is 0 Å². The molecule has 9 heteroatoms. The molecule has 0 atom stereocenters. The highest BCUT2D eigenvalue weighted by Crippen LogP contribution is 2.23. The number of carbonyl (C=O) groups excluding carboxylic acids is 1. The molecule has 0 saturated heterocycles. The molecular formula is C18H24N6O3. The molecule has 0 aliphatic heterocycles. The highest BCUT2D eigenvalue weighted by Gasteiger charge is 2.24. The molecule has 0 aliphatic carbocycles. The molecule has 0 unspecified atom stereocenters. The molecule has 144 valence electrons. The lowest BCUT2D eigenvalue weighted by atomic mass is 10.2. The second-order valence-electron chi connectivity index (χ2n) is 7.19. The van der Waals surface area contributed by atoms with Crippen molar-refractivity contribution >= 4 is 16.9 Å². The summed E-state index contributed by atoms with van der Waals surface area (Å²) < 4.78 is 5.73. The van der Waals surface area contributed by atoms with Crippen LogP contribution in [0.1, 0.15) is 43.8 Å². The van der Waals surface area contributed by atoms with Gasteiger partial charge in [-0.25, -0.2) is 9.48 Å². The Balaban J connectivity index is 2.50. The van der Waals surface area contributed by atoms with Gasteiger partial charge < -0.3 is 0 Å². The lowest BCUT2D eigenvalue weighted by molar-refractivity contribution is -0.117. The summed E-state index contributed by atoms with van der Waals surface area (Å²) in [5.74, 6) is 0.208. The molecule has 0 bridgehead atoms. The Morgan fingerprint density at radius 1 is 1.15 bits per heavy atom. The minimum Gasteiger partial charge on any atom is -0.300 e. The van der Waals surface area contributed by atoms with Crippen molar-refractivity contribution in [1.29, 1.82) is 0 Å². The van der Waals surface area contributed by atoms with Crippen LogP contribution in [-0.2, 0) is 18.4 Å². The standard InChI is InChI=1S/C18H24N6O3/c1-9(2)23-14-15(19-17(23)24-13(6)11(4)12(5)20-24)21(7)18(27)22(16(14)26)8-10(3)25/h9H,8H2,1-7H3. The number of nitrogens with zero attached hydrogens (tertiary/aromatic N) is 6. The van der Waals surface area contributed by atoms with Crippen molar-refractivity contribution < 1.29 is 4.79 Å². The first kappa shape index (κ1) is 18.8. The fourth-order valence-electron chi connectivity index (χ4n) is 3.24. The van der Waals surface area contributed by atoms with Gasteiger partial charge in [0.15, 0.2) is 11.2 Å². The summed E-state index contributed by atoms with van der Waals surface area (Å²) in [6.45, 7) is 10.8. The monoisotopic (exact) mass is 372 g/mol. The number of Topliss-reactive ketones (excluding diaryl/α,β-unsaturated/α-hetero) is 1. The number of imidazole rings is 1. The van der Waals surface area contributed by atoms with Gasteiger partial charge >= 0.3 is 5.69 Å². The third-order valence-electron chi connectivity index (χ3n) is 4.90. The summed E-state index contributed by atoms with van der Waals surface area (Å²) in [5.41, 5.74) is 2.31. The van der Waals surface area contributed by atoms with Gasteiger partial charge in [-0.2, -0.15) is 10.1 Å². The number of fused-ring (bicyclic) bond motifs is 1. The van der Waals surface area contributed by atoms with Crippen molar-refractivity contribution in [2.75, 3.05) is 0 Å². The molecule has 0 fully saturated rings. The third kappa shape index (κ3) is 2.73. The highest BCUT2D eigenvalue weighted by atomic mass is 16.2. The van der Waals surface area contributed by atoms with Crippen LogP contribution in [0, 0.1) is 20.8 Å². The van der Waals surface area contributed by atoms with Gasteiger partial charge in [0, 0.05) is 18.8 Å². The Morgan fingerprint density at radius 2 is 1.78 bits per heavy atom. The van der Waals surface area contributed by atoms with Crippen molar-refractivity contribution in [2.45, 2.75) is 54.1 Å². The summed E-state index contributed by atoms with van der Waals surface area (Å²) >= 11 is 0. The number of aromatic nitrogens is 6. The van der Waals surface area contributed by atoms with Crippen LogP contribution >= 0.6 is 0 Å². The maximum Gasteiger partial charge on any atom is 0.332 e. The van der Waals surface area contributed by atoms with Crippen LogP contribution in [-0.4, -0.2) is 34.2 Å². The van der Waals surface area contributed by atoms with Gasteiger partial charge in [0.25, 0.3) is 5.56 Å². The number of carbonyl (C=O) groups is 1. The molecule has 3 heterocycles. The molecular weight excluding hydrogens is 348 g/mol. The van der Waals surface area contributed by atoms with E-state index < -0.39 is 11.2 Å². The van der Waals surface area contributed by atoms with Crippen LogP contribution in [0.15, 0.2) is 9.59 Å². The molecule has 0 aliphatic rings. The zero-order chi connectivity index (χ0) is 20.2. The third-order valence-corrected chi connectivity index (χ3v) is 4.90. The number of hydrogen-bond donors (Lipinski definition) is 0. The molecule has 3 aromatic rings.